The van der Waals surface area contributed by atoms with E-state index in [-0.39, 0.29) is 34.6 Å². The summed E-state index contributed by atoms with van der Waals surface area (Å²) in [5.41, 5.74) is 0.196. The monoisotopic (exact) mass is 417 g/mol. The van der Waals surface area contributed by atoms with Gasteiger partial charge in [-0.15, -0.1) is 0 Å². The molecule has 1 saturated heterocycles. The number of carbonyl (C=O) groups is 3. The molecule has 0 aliphatic carbocycles. The predicted octanol–water partition coefficient (Wildman–Crippen LogP) is 1.76. The first kappa shape index (κ1) is 20.4. The van der Waals surface area contributed by atoms with Crippen LogP contribution in [0.2, 0.25) is 10.0 Å². The first-order valence-corrected chi connectivity index (χ1v) is 9.00. The summed E-state index contributed by atoms with van der Waals surface area (Å²) in [6, 6.07) is 3.60. The molecule has 1 atom stereocenters. The molecule has 0 bridgehead atoms. The van der Waals surface area contributed by atoms with Gasteiger partial charge < -0.3 is 15.0 Å². The maximum Gasteiger partial charge on any atom is 0.308 e. The van der Waals surface area contributed by atoms with Crippen LogP contribution >= 0.6 is 35.4 Å². The maximum atomic E-state index is 12.4. The molecule has 1 aliphatic heterocycles. The van der Waals surface area contributed by atoms with E-state index in [1.165, 1.54) is 23.1 Å². The molecule has 7 nitrogen and oxygen atoms in total. The van der Waals surface area contributed by atoms with Crippen molar-refractivity contribution in [3.05, 3.63) is 33.8 Å². The standard InChI is InChI=1S/C16H17Cl2N3O4S/c1-2-25-13(22)8-12-15(24)19-5-6-21(12)16(26)20-14(23)10-4-3-9(17)7-11(10)18/h3-4,7,12H,2,5-6,8H2,1H3,(H,19,24)(H,20,23,26). The van der Waals surface area contributed by atoms with Crippen LogP contribution in [0.5, 0.6) is 0 Å². The first-order valence-electron chi connectivity index (χ1n) is 7.83. The highest BCUT2D eigenvalue weighted by Crippen LogP contribution is 2.21. The fraction of sp³-hybridized carbons (Fsp3) is 0.375. The molecule has 1 aromatic carbocycles. The van der Waals surface area contributed by atoms with Crippen LogP contribution in [0.25, 0.3) is 0 Å². The Morgan fingerprint density at radius 2 is 2.15 bits per heavy atom. The van der Waals surface area contributed by atoms with Crippen molar-refractivity contribution in [1.82, 2.24) is 15.5 Å². The minimum Gasteiger partial charge on any atom is -0.466 e. The lowest BCUT2D eigenvalue weighted by atomic mass is 10.1. The molecule has 1 aliphatic rings. The summed E-state index contributed by atoms with van der Waals surface area (Å²) in [6.45, 7) is 2.58. The molecule has 2 rings (SSSR count). The summed E-state index contributed by atoms with van der Waals surface area (Å²) >= 11 is 17.1. The number of benzene rings is 1. The SMILES string of the molecule is CCOC(=O)CC1C(=O)NCCN1C(=S)NC(=O)c1ccc(Cl)cc1Cl. The van der Waals surface area contributed by atoms with Gasteiger partial charge in [0.05, 0.1) is 23.6 Å². The number of amides is 2. The fourth-order valence-corrected chi connectivity index (χ4v) is 3.25. The number of piperazine rings is 1. The Balaban J connectivity index is 2.10. The van der Waals surface area contributed by atoms with Gasteiger partial charge in [-0.2, -0.15) is 0 Å². The number of carbonyl (C=O) groups excluding carboxylic acids is 3. The van der Waals surface area contributed by atoms with Gasteiger partial charge in [-0.25, -0.2) is 0 Å². The molecular weight excluding hydrogens is 401 g/mol. The average Bonchev–Trinajstić information content (AvgIpc) is 2.56. The maximum absolute atomic E-state index is 12.4. The van der Waals surface area contributed by atoms with Crippen LogP contribution in [-0.4, -0.2) is 53.5 Å². The molecule has 0 saturated carbocycles. The number of hydrogen-bond donors (Lipinski definition) is 2. The normalized spacial score (nSPS) is 16.7. The second kappa shape index (κ2) is 9.16. The molecule has 1 fully saturated rings. The van der Waals surface area contributed by atoms with Crippen LogP contribution in [0, 0.1) is 0 Å². The number of hydrogen-bond acceptors (Lipinski definition) is 5. The second-order valence-corrected chi connectivity index (χ2v) is 6.62. The zero-order valence-electron chi connectivity index (χ0n) is 13.9. The minimum atomic E-state index is -0.851. The van der Waals surface area contributed by atoms with Gasteiger partial charge in [0, 0.05) is 18.1 Å². The van der Waals surface area contributed by atoms with Gasteiger partial charge in [0.2, 0.25) is 5.91 Å². The van der Waals surface area contributed by atoms with Gasteiger partial charge in [-0.1, -0.05) is 23.2 Å². The van der Waals surface area contributed by atoms with E-state index in [1.807, 2.05) is 0 Å². The van der Waals surface area contributed by atoms with Crippen molar-refractivity contribution >= 4 is 58.3 Å². The number of thiocarbonyl (C=S) groups is 1. The zero-order valence-corrected chi connectivity index (χ0v) is 16.2. The summed E-state index contributed by atoms with van der Waals surface area (Å²) in [5, 5.41) is 5.82. The third-order valence-electron chi connectivity index (χ3n) is 3.65. The smallest absolute Gasteiger partial charge is 0.308 e. The number of ether oxygens (including phenoxy) is 1. The predicted molar refractivity (Wildman–Crippen MR) is 101 cm³/mol. The van der Waals surface area contributed by atoms with Crippen molar-refractivity contribution in [1.29, 1.82) is 0 Å². The number of halogens is 2. The van der Waals surface area contributed by atoms with Crippen LogP contribution in [0.4, 0.5) is 0 Å². The van der Waals surface area contributed by atoms with Crippen LogP contribution in [-0.2, 0) is 14.3 Å². The number of nitrogens with zero attached hydrogens (tertiary/aromatic N) is 1. The lowest BCUT2D eigenvalue weighted by Crippen LogP contribution is -2.60. The van der Waals surface area contributed by atoms with Gasteiger partial charge in [-0.05, 0) is 37.3 Å². The van der Waals surface area contributed by atoms with E-state index in [0.29, 0.717) is 18.1 Å². The molecule has 1 unspecified atom stereocenters. The quantitative estimate of drug-likeness (QED) is 0.573. The third kappa shape index (κ3) is 5.06. The average molecular weight is 418 g/mol. The van der Waals surface area contributed by atoms with E-state index in [0.717, 1.165) is 0 Å². The molecule has 10 heteroatoms. The van der Waals surface area contributed by atoms with Crippen molar-refractivity contribution in [2.45, 2.75) is 19.4 Å². The molecule has 0 aromatic heterocycles. The van der Waals surface area contributed by atoms with Gasteiger partial charge >= 0.3 is 5.97 Å². The molecule has 1 heterocycles. The Bertz CT molecular complexity index is 744. The molecule has 1 aromatic rings. The molecule has 26 heavy (non-hydrogen) atoms. The van der Waals surface area contributed by atoms with E-state index in [1.54, 1.807) is 6.92 Å². The Morgan fingerprint density at radius 1 is 1.42 bits per heavy atom. The second-order valence-electron chi connectivity index (χ2n) is 5.39. The lowest BCUT2D eigenvalue weighted by molar-refractivity contribution is -0.147. The summed E-state index contributed by atoms with van der Waals surface area (Å²) in [6.07, 6.45) is -0.169. The Labute approximate surface area is 165 Å². The van der Waals surface area contributed by atoms with Gasteiger partial charge in [-0.3, -0.25) is 19.7 Å². The first-order chi connectivity index (χ1) is 12.3. The zero-order chi connectivity index (χ0) is 19.3. The summed E-state index contributed by atoms with van der Waals surface area (Å²) in [4.78, 5) is 37.8. The summed E-state index contributed by atoms with van der Waals surface area (Å²) in [7, 11) is 0. The molecule has 0 spiro atoms. The summed E-state index contributed by atoms with van der Waals surface area (Å²) in [5.74, 6) is -1.41. The van der Waals surface area contributed by atoms with E-state index in [2.05, 4.69) is 10.6 Å². The van der Waals surface area contributed by atoms with Crippen molar-refractivity contribution in [2.24, 2.45) is 0 Å². The highest BCUT2D eigenvalue weighted by atomic mass is 35.5. The Hall–Kier alpha value is -1.90. The van der Waals surface area contributed by atoms with Crippen molar-refractivity contribution in [3.8, 4) is 0 Å². The van der Waals surface area contributed by atoms with Gasteiger partial charge in [0.1, 0.15) is 6.04 Å². The van der Waals surface area contributed by atoms with E-state index >= 15 is 0 Å². The van der Waals surface area contributed by atoms with Gasteiger partial charge in [0.15, 0.2) is 5.11 Å². The largest absolute Gasteiger partial charge is 0.466 e. The van der Waals surface area contributed by atoms with Gasteiger partial charge in [0.25, 0.3) is 5.91 Å². The number of esters is 1. The fourth-order valence-electron chi connectivity index (χ4n) is 2.45. The Morgan fingerprint density at radius 3 is 2.81 bits per heavy atom. The van der Waals surface area contributed by atoms with E-state index in [4.69, 9.17) is 40.2 Å². The third-order valence-corrected chi connectivity index (χ3v) is 4.54. The van der Waals surface area contributed by atoms with Crippen LogP contribution in [0.15, 0.2) is 18.2 Å². The van der Waals surface area contributed by atoms with Crippen LogP contribution in [0.1, 0.15) is 23.7 Å². The number of rotatable bonds is 4. The summed E-state index contributed by atoms with van der Waals surface area (Å²) < 4.78 is 4.89. The van der Waals surface area contributed by atoms with Crippen molar-refractivity contribution < 1.29 is 19.1 Å². The van der Waals surface area contributed by atoms with Crippen LogP contribution < -0.4 is 10.6 Å². The highest BCUT2D eigenvalue weighted by Gasteiger charge is 2.34. The van der Waals surface area contributed by atoms with Crippen molar-refractivity contribution in [3.63, 3.8) is 0 Å². The molecule has 2 amide bonds. The topological polar surface area (TPSA) is 87.7 Å². The molecule has 2 N–H and O–H groups in total. The van der Waals surface area contributed by atoms with Crippen LogP contribution in [0.3, 0.4) is 0 Å². The number of nitrogens with one attached hydrogen (secondary N) is 2. The lowest BCUT2D eigenvalue weighted by Gasteiger charge is -2.36. The van der Waals surface area contributed by atoms with Crippen molar-refractivity contribution in [2.75, 3.05) is 19.7 Å². The van der Waals surface area contributed by atoms with E-state index in [9.17, 15) is 14.4 Å². The minimum absolute atomic E-state index is 0.0326. The molecular formula is C16H17Cl2N3O4S. The Kier molecular flexibility index (Phi) is 7.19. The highest BCUT2D eigenvalue weighted by molar-refractivity contribution is 7.80. The molecule has 140 valence electrons. The molecule has 0 radical (unpaired) electrons. The van der Waals surface area contributed by atoms with E-state index < -0.39 is 17.9 Å².